The predicted octanol–water partition coefficient (Wildman–Crippen LogP) is 4.99. The van der Waals surface area contributed by atoms with Gasteiger partial charge in [0.2, 0.25) is 0 Å². The fourth-order valence-corrected chi connectivity index (χ4v) is 5.00. The molecule has 1 atom stereocenters. The van der Waals surface area contributed by atoms with Gasteiger partial charge in [0.1, 0.15) is 22.8 Å². The first-order chi connectivity index (χ1) is 19.4. The van der Waals surface area contributed by atoms with Crippen molar-refractivity contribution in [3.63, 3.8) is 0 Å². The zero-order valence-electron chi connectivity index (χ0n) is 24.3. The molecule has 2 heterocycles. The molecule has 9 nitrogen and oxygen atoms in total. The van der Waals surface area contributed by atoms with Crippen LogP contribution in [0, 0.1) is 12.7 Å². The Labute approximate surface area is 238 Å². The number of benzene rings is 1. The minimum Gasteiger partial charge on any atom is -0.460 e. The number of fused-ring (bicyclic) bond motifs is 1. The third-order valence-corrected chi connectivity index (χ3v) is 6.87. The SMILES string of the molecule is C/C=C1\C(=C(\C)CC(=O)OC(C)(C)C)CCC1NC(=O)c1cc(C(=O)NCc2ccc(F)c(C)c2)nc2ccnn12. The Hall–Kier alpha value is -4.34. The molecular formula is C31H36FN5O4. The fraction of sp³-hybridized carbons (Fsp3) is 0.387. The van der Waals surface area contributed by atoms with Gasteiger partial charge in [0, 0.05) is 18.7 Å². The van der Waals surface area contributed by atoms with Crippen LogP contribution in [-0.4, -0.2) is 44.0 Å². The van der Waals surface area contributed by atoms with E-state index in [-0.39, 0.29) is 42.2 Å². The summed E-state index contributed by atoms with van der Waals surface area (Å²) in [6.45, 7) is 11.2. The molecule has 0 bridgehead atoms. The van der Waals surface area contributed by atoms with E-state index in [1.54, 1.807) is 25.1 Å². The topological polar surface area (TPSA) is 115 Å². The van der Waals surface area contributed by atoms with E-state index in [0.717, 1.165) is 22.3 Å². The summed E-state index contributed by atoms with van der Waals surface area (Å²) in [5.74, 6) is -1.47. The minimum atomic E-state index is -0.560. The molecule has 41 heavy (non-hydrogen) atoms. The first-order valence-electron chi connectivity index (χ1n) is 13.6. The van der Waals surface area contributed by atoms with Crippen molar-refractivity contribution < 1.29 is 23.5 Å². The molecule has 1 aliphatic rings. The molecule has 1 aromatic carbocycles. The molecule has 0 aliphatic heterocycles. The standard InChI is InChI=1S/C31H36FN5O4/c1-7-21-22(18(2)15-28(38)41-31(4,5)6)9-11-24(21)36-30(40)26-16-25(35-27-12-13-34-37(26)27)29(39)33-17-20-8-10-23(32)19(3)14-20/h7-8,10,12-14,16,24H,9,11,15,17H2,1-6H3,(H,33,39)(H,36,40)/b21-7+,22-18-. The van der Waals surface area contributed by atoms with Gasteiger partial charge in [0.05, 0.1) is 18.7 Å². The number of hydrogen-bond acceptors (Lipinski definition) is 6. The lowest BCUT2D eigenvalue weighted by Gasteiger charge is -2.20. The zero-order chi connectivity index (χ0) is 29.9. The van der Waals surface area contributed by atoms with E-state index < -0.39 is 17.4 Å². The van der Waals surface area contributed by atoms with Gasteiger partial charge in [0.25, 0.3) is 11.8 Å². The molecular weight excluding hydrogens is 525 g/mol. The highest BCUT2D eigenvalue weighted by atomic mass is 19.1. The molecule has 1 aliphatic carbocycles. The molecule has 216 valence electrons. The number of aryl methyl sites for hydroxylation is 1. The Morgan fingerprint density at radius 2 is 1.93 bits per heavy atom. The van der Waals surface area contributed by atoms with Gasteiger partial charge in [-0.25, -0.2) is 13.9 Å². The van der Waals surface area contributed by atoms with Crippen LogP contribution in [0.25, 0.3) is 5.65 Å². The van der Waals surface area contributed by atoms with Crippen LogP contribution in [0.15, 0.2) is 59.3 Å². The van der Waals surface area contributed by atoms with E-state index in [9.17, 15) is 18.8 Å². The Morgan fingerprint density at radius 3 is 2.61 bits per heavy atom. The van der Waals surface area contributed by atoms with Gasteiger partial charge < -0.3 is 15.4 Å². The Bertz CT molecular complexity index is 1560. The van der Waals surface area contributed by atoms with E-state index >= 15 is 0 Å². The lowest BCUT2D eigenvalue weighted by atomic mass is 10.00. The maximum Gasteiger partial charge on any atom is 0.310 e. The number of ether oxygens (including phenoxy) is 1. The first-order valence-corrected chi connectivity index (χ1v) is 13.6. The second-order valence-electron chi connectivity index (χ2n) is 11.2. The van der Waals surface area contributed by atoms with Gasteiger partial charge in [-0.15, -0.1) is 0 Å². The highest BCUT2D eigenvalue weighted by Gasteiger charge is 2.30. The van der Waals surface area contributed by atoms with Crippen LogP contribution in [0.4, 0.5) is 4.39 Å². The fourth-order valence-electron chi connectivity index (χ4n) is 5.00. The van der Waals surface area contributed by atoms with Crippen molar-refractivity contribution in [2.45, 2.75) is 79.0 Å². The van der Waals surface area contributed by atoms with Crippen LogP contribution >= 0.6 is 0 Å². The Kier molecular flexibility index (Phi) is 8.70. The quantitative estimate of drug-likeness (QED) is 0.393. The van der Waals surface area contributed by atoms with Crippen molar-refractivity contribution in [1.29, 1.82) is 0 Å². The molecule has 2 N–H and O–H groups in total. The normalized spacial score (nSPS) is 17.5. The van der Waals surface area contributed by atoms with Crippen molar-refractivity contribution in [2.75, 3.05) is 0 Å². The maximum absolute atomic E-state index is 13.6. The average molecular weight is 562 g/mol. The maximum atomic E-state index is 13.6. The number of allylic oxidation sites excluding steroid dienone is 1. The number of nitrogens with zero attached hydrogens (tertiary/aromatic N) is 3. The van der Waals surface area contributed by atoms with Crippen LogP contribution in [0.2, 0.25) is 0 Å². The minimum absolute atomic E-state index is 0.0634. The average Bonchev–Trinajstić information content (AvgIpc) is 3.54. The summed E-state index contributed by atoms with van der Waals surface area (Å²) in [6.07, 6.45) is 5.03. The largest absolute Gasteiger partial charge is 0.460 e. The van der Waals surface area contributed by atoms with Gasteiger partial charge in [-0.05, 0) is 82.7 Å². The van der Waals surface area contributed by atoms with E-state index in [4.69, 9.17) is 4.74 Å². The number of halogens is 1. The van der Waals surface area contributed by atoms with Crippen molar-refractivity contribution in [2.24, 2.45) is 0 Å². The Morgan fingerprint density at radius 1 is 1.17 bits per heavy atom. The lowest BCUT2D eigenvalue weighted by molar-refractivity contribution is -0.153. The highest BCUT2D eigenvalue weighted by molar-refractivity contribution is 5.98. The molecule has 2 amide bonds. The number of nitrogens with one attached hydrogen (secondary N) is 2. The number of rotatable bonds is 7. The molecule has 3 aromatic rings. The van der Waals surface area contributed by atoms with Gasteiger partial charge in [-0.1, -0.05) is 23.8 Å². The van der Waals surface area contributed by atoms with Crippen molar-refractivity contribution >= 4 is 23.4 Å². The van der Waals surface area contributed by atoms with Crippen LogP contribution in [-0.2, 0) is 16.1 Å². The number of carbonyl (C=O) groups excluding carboxylic acids is 3. The van der Waals surface area contributed by atoms with Gasteiger partial charge in [-0.3, -0.25) is 14.4 Å². The molecule has 4 rings (SSSR count). The molecule has 2 aromatic heterocycles. The summed E-state index contributed by atoms with van der Waals surface area (Å²) in [4.78, 5) is 43.3. The van der Waals surface area contributed by atoms with Gasteiger partial charge >= 0.3 is 5.97 Å². The van der Waals surface area contributed by atoms with Gasteiger partial charge in [-0.2, -0.15) is 5.10 Å². The zero-order valence-corrected chi connectivity index (χ0v) is 24.3. The summed E-state index contributed by atoms with van der Waals surface area (Å²) >= 11 is 0. The van der Waals surface area contributed by atoms with Gasteiger partial charge in [0.15, 0.2) is 5.65 Å². The molecule has 1 saturated carbocycles. The number of aromatic nitrogens is 3. The Balaban J connectivity index is 1.50. The van der Waals surface area contributed by atoms with E-state index in [2.05, 4.69) is 20.7 Å². The third-order valence-electron chi connectivity index (χ3n) is 6.87. The number of amides is 2. The second-order valence-corrected chi connectivity index (χ2v) is 11.2. The molecule has 0 spiro atoms. The van der Waals surface area contributed by atoms with Crippen molar-refractivity contribution in [3.8, 4) is 0 Å². The molecule has 1 unspecified atom stereocenters. The van der Waals surface area contributed by atoms with Crippen molar-refractivity contribution in [3.05, 3.63) is 87.7 Å². The predicted molar refractivity (Wildman–Crippen MR) is 153 cm³/mol. The summed E-state index contributed by atoms with van der Waals surface area (Å²) in [7, 11) is 0. The number of hydrogen-bond donors (Lipinski definition) is 2. The van der Waals surface area contributed by atoms with Crippen molar-refractivity contribution in [1.82, 2.24) is 25.2 Å². The van der Waals surface area contributed by atoms with E-state index in [1.807, 2.05) is 40.7 Å². The third kappa shape index (κ3) is 7.06. The monoisotopic (exact) mass is 561 g/mol. The molecule has 1 fully saturated rings. The summed E-state index contributed by atoms with van der Waals surface area (Å²) < 4.78 is 20.5. The second kappa shape index (κ2) is 12.0. The molecule has 10 heteroatoms. The summed E-state index contributed by atoms with van der Waals surface area (Å²) in [5.41, 5.74) is 4.16. The van der Waals surface area contributed by atoms with Crippen LogP contribution < -0.4 is 10.6 Å². The summed E-state index contributed by atoms with van der Waals surface area (Å²) in [5, 5.41) is 10.1. The summed E-state index contributed by atoms with van der Waals surface area (Å²) in [6, 6.07) is 7.39. The molecule has 0 radical (unpaired) electrons. The molecule has 0 saturated heterocycles. The lowest BCUT2D eigenvalue weighted by Crippen LogP contribution is -2.36. The number of carbonyl (C=O) groups is 3. The van der Waals surface area contributed by atoms with Crippen LogP contribution in [0.3, 0.4) is 0 Å². The first kappa shape index (κ1) is 29.6. The smallest absolute Gasteiger partial charge is 0.310 e. The van der Waals surface area contributed by atoms with E-state index in [1.165, 1.54) is 22.8 Å². The number of esters is 1. The van der Waals surface area contributed by atoms with E-state index in [0.29, 0.717) is 24.1 Å². The highest BCUT2D eigenvalue weighted by Crippen LogP contribution is 2.34. The van der Waals surface area contributed by atoms with Crippen LogP contribution in [0.5, 0.6) is 0 Å². The van der Waals surface area contributed by atoms with Crippen LogP contribution in [0.1, 0.15) is 86.0 Å².